The highest BCUT2D eigenvalue weighted by atomic mass is 16.5. The summed E-state index contributed by atoms with van der Waals surface area (Å²) in [4.78, 5) is 0. The second-order valence-electron chi connectivity index (χ2n) is 6.69. The second-order valence-corrected chi connectivity index (χ2v) is 6.69. The molecule has 5 heteroatoms. The molecular formula is C24H23N3O2. The van der Waals surface area contributed by atoms with Crippen molar-refractivity contribution in [3.63, 3.8) is 0 Å². The Hall–Kier alpha value is -3.44. The Morgan fingerprint density at radius 2 is 1.28 bits per heavy atom. The molecule has 0 fully saturated rings. The molecule has 5 nitrogen and oxygen atoms in total. The van der Waals surface area contributed by atoms with Crippen molar-refractivity contribution in [2.24, 2.45) is 0 Å². The molecule has 0 amide bonds. The van der Waals surface area contributed by atoms with E-state index in [1.807, 2.05) is 61.6 Å². The van der Waals surface area contributed by atoms with Crippen LogP contribution in [-0.2, 0) is 0 Å². The van der Waals surface area contributed by atoms with Crippen molar-refractivity contribution in [1.82, 2.24) is 15.5 Å². The summed E-state index contributed by atoms with van der Waals surface area (Å²) in [6, 6.07) is 26.1. The summed E-state index contributed by atoms with van der Waals surface area (Å²) in [6.07, 6.45) is 0.967. The van der Waals surface area contributed by atoms with E-state index in [0.29, 0.717) is 18.4 Å². The molecule has 1 aromatic heterocycles. The van der Waals surface area contributed by atoms with Gasteiger partial charge in [-0.1, -0.05) is 42.5 Å². The highest BCUT2D eigenvalue weighted by molar-refractivity contribution is 5.67. The largest absolute Gasteiger partial charge is 0.494 e. The van der Waals surface area contributed by atoms with Crippen molar-refractivity contribution < 1.29 is 9.15 Å². The van der Waals surface area contributed by atoms with E-state index in [4.69, 9.17) is 9.15 Å². The maximum atomic E-state index is 5.88. The number of nitrogens with one attached hydrogen (secondary N) is 1. The minimum atomic E-state index is 0.494. The zero-order chi connectivity index (χ0) is 19.9. The van der Waals surface area contributed by atoms with Gasteiger partial charge in [0.25, 0.3) is 0 Å². The number of hydrogen-bond acceptors (Lipinski definition) is 5. The Balaban J connectivity index is 1.44. The lowest BCUT2D eigenvalue weighted by Gasteiger charge is -2.06. The predicted octanol–water partition coefficient (Wildman–Crippen LogP) is 5.06. The average molecular weight is 385 g/mol. The normalized spacial score (nSPS) is 10.8. The van der Waals surface area contributed by atoms with E-state index in [1.165, 1.54) is 5.56 Å². The second kappa shape index (κ2) is 9.17. The SMILES string of the molecule is CNCCCOc1ccc(-c2nnc(-c3ccc(-c4ccccc4)cc3)o2)cc1. The Labute approximate surface area is 170 Å². The van der Waals surface area contributed by atoms with Gasteiger partial charge >= 0.3 is 0 Å². The third-order valence-corrected chi connectivity index (χ3v) is 4.61. The Kier molecular flexibility index (Phi) is 5.98. The van der Waals surface area contributed by atoms with Crippen LogP contribution in [0.15, 0.2) is 83.3 Å². The number of hydrogen-bond donors (Lipinski definition) is 1. The van der Waals surface area contributed by atoms with Crippen molar-refractivity contribution in [3.8, 4) is 39.8 Å². The van der Waals surface area contributed by atoms with Crippen LogP contribution in [0.5, 0.6) is 5.75 Å². The number of ether oxygens (including phenoxy) is 1. The fraction of sp³-hybridized carbons (Fsp3) is 0.167. The average Bonchev–Trinajstić information content (AvgIpc) is 3.28. The molecule has 0 saturated heterocycles. The lowest BCUT2D eigenvalue weighted by molar-refractivity contribution is 0.310. The van der Waals surface area contributed by atoms with Crippen LogP contribution in [0.2, 0.25) is 0 Å². The summed E-state index contributed by atoms with van der Waals surface area (Å²) in [7, 11) is 1.94. The van der Waals surface area contributed by atoms with Crippen LogP contribution >= 0.6 is 0 Å². The Bertz CT molecular complexity index is 1030. The molecule has 29 heavy (non-hydrogen) atoms. The summed E-state index contributed by atoms with van der Waals surface area (Å²) >= 11 is 0. The summed E-state index contributed by atoms with van der Waals surface area (Å²) in [5, 5.41) is 11.5. The quantitative estimate of drug-likeness (QED) is 0.430. The molecule has 0 spiro atoms. The highest BCUT2D eigenvalue weighted by Gasteiger charge is 2.11. The monoisotopic (exact) mass is 385 g/mol. The van der Waals surface area contributed by atoms with Crippen molar-refractivity contribution in [3.05, 3.63) is 78.9 Å². The predicted molar refractivity (Wildman–Crippen MR) is 115 cm³/mol. The minimum absolute atomic E-state index is 0.494. The highest BCUT2D eigenvalue weighted by Crippen LogP contribution is 2.27. The molecule has 0 aliphatic rings. The van der Waals surface area contributed by atoms with Crippen LogP contribution in [0, 0.1) is 0 Å². The van der Waals surface area contributed by atoms with Gasteiger partial charge in [0.05, 0.1) is 6.61 Å². The molecule has 1 N–H and O–H groups in total. The molecule has 0 aliphatic heterocycles. The van der Waals surface area contributed by atoms with Gasteiger partial charge in [-0.15, -0.1) is 10.2 Å². The van der Waals surface area contributed by atoms with Gasteiger partial charge in [0.15, 0.2) is 0 Å². The van der Waals surface area contributed by atoms with E-state index in [9.17, 15) is 0 Å². The van der Waals surface area contributed by atoms with E-state index < -0.39 is 0 Å². The Morgan fingerprint density at radius 1 is 0.724 bits per heavy atom. The topological polar surface area (TPSA) is 60.2 Å². The van der Waals surface area contributed by atoms with E-state index >= 15 is 0 Å². The van der Waals surface area contributed by atoms with Crippen molar-refractivity contribution in [1.29, 1.82) is 0 Å². The first kappa shape index (κ1) is 18.9. The van der Waals surface area contributed by atoms with Crippen LogP contribution in [0.4, 0.5) is 0 Å². The molecule has 1 heterocycles. The van der Waals surface area contributed by atoms with Crippen LogP contribution in [0.1, 0.15) is 6.42 Å². The number of benzene rings is 3. The summed E-state index contributed by atoms with van der Waals surface area (Å²) in [5.74, 6) is 1.84. The van der Waals surface area contributed by atoms with Crippen molar-refractivity contribution in [2.75, 3.05) is 20.2 Å². The van der Waals surface area contributed by atoms with E-state index in [2.05, 4.69) is 39.8 Å². The molecule has 0 saturated carbocycles. The third-order valence-electron chi connectivity index (χ3n) is 4.61. The van der Waals surface area contributed by atoms with Crippen LogP contribution in [0.25, 0.3) is 34.0 Å². The van der Waals surface area contributed by atoms with Crippen molar-refractivity contribution >= 4 is 0 Å². The van der Waals surface area contributed by atoms with Crippen LogP contribution in [0.3, 0.4) is 0 Å². The molecule has 0 bridgehead atoms. The molecule has 0 radical (unpaired) electrons. The number of rotatable bonds is 8. The fourth-order valence-corrected chi connectivity index (χ4v) is 3.03. The summed E-state index contributed by atoms with van der Waals surface area (Å²) < 4.78 is 11.6. The Morgan fingerprint density at radius 3 is 1.90 bits per heavy atom. The van der Waals surface area contributed by atoms with Gasteiger partial charge in [-0.25, -0.2) is 0 Å². The summed E-state index contributed by atoms with van der Waals surface area (Å²) in [5.41, 5.74) is 4.10. The standard InChI is InChI=1S/C24H23N3O2/c1-25-16-5-17-28-22-14-12-21(13-15-22)24-27-26-23(29-24)20-10-8-19(9-11-20)18-6-3-2-4-7-18/h2-4,6-15,25H,5,16-17H2,1H3. The first-order chi connectivity index (χ1) is 14.3. The fourth-order valence-electron chi connectivity index (χ4n) is 3.03. The molecular weight excluding hydrogens is 362 g/mol. The van der Waals surface area contributed by atoms with Crippen LogP contribution < -0.4 is 10.1 Å². The summed E-state index contributed by atoms with van der Waals surface area (Å²) in [6.45, 7) is 1.62. The van der Waals surface area contributed by atoms with Gasteiger partial charge in [-0.3, -0.25) is 0 Å². The molecule has 0 atom stereocenters. The molecule has 0 aliphatic carbocycles. The maximum absolute atomic E-state index is 5.88. The minimum Gasteiger partial charge on any atom is -0.494 e. The van der Waals surface area contributed by atoms with Gasteiger partial charge in [0, 0.05) is 11.1 Å². The van der Waals surface area contributed by atoms with Gasteiger partial charge in [-0.05, 0) is 67.5 Å². The number of aromatic nitrogens is 2. The van der Waals surface area contributed by atoms with Crippen LogP contribution in [-0.4, -0.2) is 30.4 Å². The van der Waals surface area contributed by atoms with Gasteiger partial charge in [0.1, 0.15) is 5.75 Å². The lowest BCUT2D eigenvalue weighted by Crippen LogP contribution is -2.11. The first-order valence-electron chi connectivity index (χ1n) is 9.71. The zero-order valence-corrected chi connectivity index (χ0v) is 16.3. The molecule has 4 aromatic rings. The maximum Gasteiger partial charge on any atom is 0.248 e. The molecule has 146 valence electrons. The number of nitrogens with zero attached hydrogens (tertiary/aromatic N) is 2. The molecule has 3 aromatic carbocycles. The van der Waals surface area contributed by atoms with Crippen molar-refractivity contribution in [2.45, 2.75) is 6.42 Å². The van der Waals surface area contributed by atoms with Gasteiger partial charge < -0.3 is 14.5 Å². The molecule has 0 unspecified atom stereocenters. The van der Waals surface area contributed by atoms with E-state index in [1.54, 1.807) is 0 Å². The third kappa shape index (κ3) is 4.70. The van der Waals surface area contributed by atoms with Gasteiger partial charge in [0.2, 0.25) is 11.8 Å². The molecule has 4 rings (SSSR count). The van der Waals surface area contributed by atoms with Gasteiger partial charge in [-0.2, -0.15) is 0 Å². The lowest BCUT2D eigenvalue weighted by atomic mass is 10.0. The smallest absolute Gasteiger partial charge is 0.248 e. The van der Waals surface area contributed by atoms with E-state index in [-0.39, 0.29) is 0 Å². The van der Waals surface area contributed by atoms with E-state index in [0.717, 1.165) is 35.4 Å². The zero-order valence-electron chi connectivity index (χ0n) is 16.3. The first-order valence-corrected chi connectivity index (χ1v) is 9.71.